The summed E-state index contributed by atoms with van der Waals surface area (Å²) < 4.78 is 0. The second-order valence-corrected chi connectivity index (χ2v) is 18.8. The molecule has 0 aromatic heterocycles. The van der Waals surface area contributed by atoms with Gasteiger partial charge < -0.3 is 4.90 Å². The Morgan fingerprint density at radius 3 is 1.07 bits per heavy atom. The van der Waals surface area contributed by atoms with Gasteiger partial charge in [0.15, 0.2) is 0 Å². The molecule has 0 radical (unpaired) electrons. The summed E-state index contributed by atoms with van der Waals surface area (Å²) in [6.07, 6.45) is 9.63. The molecule has 2 atom stereocenters. The van der Waals surface area contributed by atoms with Crippen molar-refractivity contribution in [2.45, 2.75) is 76.0 Å². The summed E-state index contributed by atoms with van der Waals surface area (Å²) in [5.41, 5.74) is 20.8. The zero-order chi connectivity index (χ0) is 45.2. The Bertz CT molecular complexity index is 2940. The molecule has 0 N–H and O–H groups in total. The zero-order valence-corrected chi connectivity index (χ0v) is 39.0. The normalized spacial score (nSPS) is 16.5. The molecule has 2 unspecified atom stereocenters. The first-order chi connectivity index (χ1) is 33.2. The van der Waals surface area contributed by atoms with Crippen molar-refractivity contribution in [3.63, 3.8) is 0 Å². The number of hydrogen-bond donors (Lipinski definition) is 0. The molecule has 2 aliphatic carbocycles. The molecule has 0 saturated carbocycles. The molecule has 9 aromatic carbocycles. The molecule has 0 saturated heterocycles. The van der Waals surface area contributed by atoms with Crippen LogP contribution >= 0.6 is 0 Å². The number of benzene rings is 9. The van der Waals surface area contributed by atoms with E-state index < -0.39 is 10.8 Å². The average molecular weight is 866 g/mol. The smallest absolute Gasteiger partial charge is 0.0714 e. The lowest BCUT2D eigenvalue weighted by Crippen LogP contribution is -2.29. The second-order valence-electron chi connectivity index (χ2n) is 18.8. The van der Waals surface area contributed by atoms with Gasteiger partial charge in [-0.25, -0.2) is 0 Å². The standard InChI is InChI=1S/C66H59N/c1-3-5-10-22-48-34-38-52(39-35-48)65(50-24-12-7-13-25-50)61-32-20-18-30-57(61)59-44-42-55(46-63(59)65)67(54-28-16-9-17-29-54)56-43-45-60-58-31-19-21-33-62(58)66(64(60)47-56,51-26-14-8-15-27-51)53-40-36-49(37-41-53)23-11-6-4-2/h7-9,12-21,24-47H,3-6,10-11,22-23H2,1-2H3. The van der Waals surface area contributed by atoms with E-state index in [-0.39, 0.29) is 0 Å². The predicted octanol–water partition coefficient (Wildman–Crippen LogP) is 17.3. The van der Waals surface area contributed by atoms with Crippen molar-refractivity contribution in [2.24, 2.45) is 0 Å². The van der Waals surface area contributed by atoms with Crippen LogP contribution in [0.3, 0.4) is 0 Å². The largest absolute Gasteiger partial charge is 0.310 e. The first-order valence-corrected chi connectivity index (χ1v) is 24.8. The highest BCUT2D eigenvalue weighted by Gasteiger charge is 2.48. The third-order valence-corrected chi connectivity index (χ3v) is 14.9. The Balaban J connectivity index is 1.12. The SMILES string of the molecule is CCCCCc1ccc(C2(c3ccccc3)c3ccccc3-c3ccc(N(c4ccccc4)c4ccc5c(c4)C(c4ccccc4)(c4ccc(CCCCC)cc4)c4ccccc4-5)cc32)cc1. The molecule has 1 heteroatoms. The molecule has 0 aliphatic heterocycles. The van der Waals surface area contributed by atoms with E-state index in [1.54, 1.807) is 0 Å². The van der Waals surface area contributed by atoms with Crippen molar-refractivity contribution in [1.82, 2.24) is 0 Å². The van der Waals surface area contributed by atoms with Gasteiger partial charge in [0.05, 0.1) is 10.8 Å². The summed E-state index contributed by atoms with van der Waals surface area (Å²) in [6.45, 7) is 4.57. The molecule has 67 heavy (non-hydrogen) atoms. The molecular formula is C66H59N. The van der Waals surface area contributed by atoms with Crippen LogP contribution in [0.1, 0.15) is 108 Å². The van der Waals surface area contributed by atoms with E-state index in [4.69, 9.17) is 0 Å². The molecule has 1 nitrogen and oxygen atoms in total. The highest BCUT2D eigenvalue weighted by molar-refractivity contribution is 5.92. The van der Waals surface area contributed by atoms with Crippen LogP contribution in [-0.4, -0.2) is 0 Å². The van der Waals surface area contributed by atoms with Crippen molar-refractivity contribution < 1.29 is 0 Å². The van der Waals surface area contributed by atoms with Crippen LogP contribution in [-0.2, 0) is 23.7 Å². The Morgan fingerprint density at radius 2 is 0.657 bits per heavy atom. The van der Waals surface area contributed by atoms with Crippen LogP contribution in [0, 0.1) is 0 Å². The molecule has 0 spiro atoms. The van der Waals surface area contributed by atoms with Gasteiger partial charge in [-0.05, 0) is 140 Å². The summed E-state index contributed by atoms with van der Waals surface area (Å²) in [5, 5.41) is 0. The van der Waals surface area contributed by atoms with Gasteiger partial charge in [-0.15, -0.1) is 0 Å². The first-order valence-electron chi connectivity index (χ1n) is 24.8. The molecule has 0 heterocycles. The Labute approximate surface area is 398 Å². The van der Waals surface area contributed by atoms with Crippen molar-refractivity contribution in [2.75, 3.05) is 4.90 Å². The molecular weight excluding hydrogens is 807 g/mol. The van der Waals surface area contributed by atoms with E-state index in [2.05, 4.69) is 243 Å². The Morgan fingerprint density at radius 1 is 0.299 bits per heavy atom. The van der Waals surface area contributed by atoms with Gasteiger partial charge in [0.1, 0.15) is 0 Å². The summed E-state index contributed by atoms with van der Waals surface area (Å²) in [5.74, 6) is 0. The number of para-hydroxylation sites is 1. The highest BCUT2D eigenvalue weighted by atomic mass is 15.1. The maximum absolute atomic E-state index is 2.51. The number of hydrogen-bond acceptors (Lipinski definition) is 1. The number of rotatable bonds is 15. The Hall–Kier alpha value is -7.22. The summed E-state index contributed by atoms with van der Waals surface area (Å²) in [7, 11) is 0. The van der Waals surface area contributed by atoms with Crippen LogP contribution < -0.4 is 4.90 Å². The maximum Gasteiger partial charge on any atom is 0.0714 e. The van der Waals surface area contributed by atoms with E-state index in [1.807, 2.05) is 0 Å². The summed E-state index contributed by atoms with van der Waals surface area (Å²) in [6, 6.07) is 85.4. The number of anilines is 3. The Kier molecular flexibility index (Phi) is 11.5. The van der Waals surface area contributed by atoms with E-state index in [0.29, 0.717) is 0 Å². The van der Waals surface area contributed by atoms with E-state index in [0.717, 1.165) is 29.9 Å². The van der Waals surface area contributed by atoms with Crippen LogP contribution in [0.25, 0.3) is 22.3 Å². The lowest BCUT2D eigenvalue weighted by Gasteiger charge is -2.36. The van der Waals surface area contributed by atoms with Crippen molar-refractivity contribution >= 4 is 17.1 Å². The molecule has 328 valence electrons. The minimum Gasteiger partial charge on any atom is -0.310 e. The topological polar surface area (TPSA) is 3.24 Å². The molecule has 0 fully saturated rings. The number of unbranched alkanes of at least 4 members (excludes halogenated alkanes) is 4. The predicted molar refractivity (Wildman–Crippen MR) is 282 cm³/mol. The number of fused-ring (bicyclic) bond motifs is 6. The third-order valence-electron chi connectivity index (χ3n) is 14.9. The molecule has 0 amide bonds. The summed E-state index contributed by atoms with van der Waals surface area (Å²) in [4.78, 5) is 2.49. The van der Waals surface area contributed by atoms with Gasteiger partial charge in [-0.2, -0.15) is 0 Å². The van der Waals surface area contributed by atoms with Gasteiger partial charge in [-0.3, -0.25) is 0 Å². The molecule has 0 bridgehead atoms. The van der Waals surface area contributed by atoms with E-state index in [9.17, 15) is 0 Å². The van der Waals surface area contributed by atoms with Crippen LogP contribution in [0.15, 0.2) is 224 Å². The van der Waals surface area contributed by atoms with Gasteiger partial charge >= 0.3 is 0 Å². The first kappa shape index (κ1) is 42.4. The molecule has 11 rings (SSSR count). The number of nitrogens with zero attached hydrogens (tertiary/aromatic N) is 1. The fraction of sp³-hybridized carbons (Fsp3) is 0.182. The van der Waals surface area contributed by atoms with Gasteiger partial charge in [-0.1, -0.05) is 228 Å². The van der Waals surface area contributed by atoms with Crippen LogP contribution in [0.2, 0.25) is 0 Å². The maximum atomic E-state index is 2.51. The fourth-order valence-corrected chi connectivity index (χ4v) is 11.8. The molecule has 9 aromatic rings. The van der Waals surface area contributed by atoms with Crippen molar-refractivity contribution in [3.05, 3.63) is 280 Å². The van der Waals surface area contributed by atoms with E-state index in [1.165, 1.54) is 116 Å². The molecule has 2 aliphatic rings. The highest BCUT2D eigenvalue weighted by Crippen LogP contribution is 2.59. The third kappa shape index (κ3) is 7.15. The lowest BCUT2D eigenvalue weighted by atomic mass is 9.67. The van der Waals surface area contributed by atoms with E-state index >= 15 is 0 Å². The fourth-order valence-electron chi connectivity index (χ4n) is 11.8. The number of aryl methyl sites for hydroxylation is 2. The van der Waals surface area contributed by atoms with Gasteiger partial charge in [0.25, 0.3) is 0 Å². The summed E-state index contributed by atoms with van der Waals surface area (Å²) >= 11 is 0. The quantitative estimate of drug-likeness (QED) is 0.0928. The monoisotopic (exact) mass is 865 g/mol. The van der Waals surface area contributed by atoms with Crippen molar-refractivity contribution in [3.8, 4) is 22.3 Å². The second kappa shape index (κ2) is 18.2. The van der Waals surface area contributed by atoms with Crippen LogP contribution in [0.4, 0.5) is 17.1 Å². The lowest BCUT2D eigenvalue weighted by molar-refractivity contribution is 0.716. The van der Waals surface area contributed by atoms with Crippen molar-refractivity contribution in [1.29, 1.82) is 0 Å². The van der Waals surface area contributed by atoms with Gasteiger partial charge in [0, 0.05) is 17.1 Å². The average Bonchev–Trinajstić information content (AvgIpc) is 3.86. The minimum absolute atomic E-state index is 0.516. The zero-order valence-electron chi connectivity index (χ0n) is 39.0. The minimum atomic E-state index is -0.516. The van der Waals surface area contributed by atoms with Gasteiger partial charge in [0.2, 0.25) is 0 Å². The van der Waals surface area contributed by atoms with Crippen LogP contribution in [0.5, 0.6) is 0 Å².